The van der Waals surface area contributed by atoms with Gasteiger partial charge in [-0.15, -0.1) is 0 Å². The highest BCUT2D eigenvalue weighted by Gasteiger charge is 2.30. The van der Waals surface area contributed by atoms with Crippen LogP contribution in [-0.2, 0) is 10.2 Å². The first-order chi connectivity index (χ1) is 8.59. The topological polar surface area (TPSA) is 73.1 Å². The number of nitrogens with one attached hydrogen (secondary N) is 1. The minimum absolute atomic E-state index is 0.0700. The van der Waals surface area contributed by atoms with E-state index < -0.39 is 0 Å². The molecule has 108 valence electrons. The van der Waals surface area contributed by atoms with Gasteiger partial charge in [0.05, 0.1) is 5.69 Å². The third kappa shape index (κ3) is 3.88. The summed E-state index contributed by atoms with van der Waals surface area (Å²) < 4.78 is 5.57. The summed E-state index contributed by atoms with van der Waals surface area (Å²) in [6.45, 7) is 12.6. The average Bonchev–Trinajstić information content (AvgIpc) is 2.26. The Labute approximate surface area is 115 Å². The number of hydrazine groups is 1. The van der Waals surface area contributed by atoms with E-state index in [1.165, 1.54) is 0 Å². The molecule has 19 heavy (non-hydrogen) atoms. The van der Waals surface area contributed by atoms with Gasteiger partial charge in [0.15, 0.2) is 5.82 Å². The zero-order valence-corrected chi connectivity index (χ0v) is 13.0. The average molecular weight is 266 g/mol. The largest absolute Gasteiger partial charge is 0.373 e. The summed E-state index contributed by atoms with van der Waals surface area (Å²) in [6, 6.07) is 1.87. The summed E-state index contributed by atoms with van der Waals surface area (Å²) in [4.78, 5) is 9.09. The molecule has 0 aliphatic rings. The Kier molecular flexibility index (Phi) is 4.53. The lowest BCUT2D eigenvalue weighted by Gasteiger charge is -2.29. The maximum absolute atomic E-state index is 5.57. The molecular weight excluding hydrogens is 240 g/mol. The SMILES string of the molecule is COC(c1nc(NN)cc(C(C)(C)C)n1)C(C)(C)C. The van der Waals surface area contributed by atoms with Crippen molar-refractivity contribution in [1.82, 2.24) is 9.97 Å². The number of hydrogen-bond acceptors (Lipinski definition) is 5. The molecule has 1 aromatic heterocycles. The lowest BCUT2D eigenvalue weighted by Crippen LogP contribution is -2.25. The monoisotopic (exact) mass is 266 g/mol. The Morgan fingerprint density at radius 3 is 2.11 bits per heavy atom. The van der Waals surface area contributed by atoms with Gasteiger partial charge in [-0.05, 0) is 5.41 Å². The van der Waals surface area contributed by atoms with Crippen LogP contribution in [0.2, 0.25) is 0 Å². The van der Waals surface area contributed by atoms with Crippen molar-refractivity contribution in [3.63, 3.8) is 0 Å². The third-order valence-electron chi connectivity index (χ3n) is 2.92. The third-order valence-corrected chi connectivity index (χ3v) is 2.92. The van der Waals surface area contributed by atoms with E-state index in [4.69, 9.17) is 10.6 Å². The normalized spacial score (nSPS) is 14.3. The van der Waals surface area contributed by atoms with Gasteiger partial charge in [-0.1, -0.05) is 41.5 Å². The minimum atomic E-state index is -0.179. The van der Waals surface area contributed by atoms with Crippen LogP contribution in [-0.4, -0.2) is 17.1 Å². The van der Waals surface area contributed by atoms with Crippen LogP contribution in [0.3, 0.4) is 0 Å². The molecule has 1 aromatic rings. The van der Waals surface area contributed by atoms with Gasteiger partial charge >= 0.3 is 0 Å². The highest BCUT2D eigenvalue weighted by atomic mass is 16.5. The predicted molar refractivity (Wildman–Crippen MR) is 77.7 cm³/mol. The molecule has 1 atom stereocenters. The van der Waals surface area contributed by atoms with Crippen molar-refractivity contribution in [2.24, 2.45) is 11.3 Å². The van der Waals surface area contributed by atoms with Crippen LogP contribution >= 0.6 is 0 Å². The number of anilines is 1. The lowest BCUT2D eigenvalue weighted by atomic mass is 9.87. The second-order valence-electron chi connectivity index (χ2n) is 6.87. The Morgan fingerprint density at radius 1 is 1.16 bits per heavy atom. The fraction of sp³-hybridized carbons (Fsp3) is 0.714. The van der Waals surface area contributed by atoms with Gasteiger partial charge < -0.3 is 10.2 Å². The summed E-state index contributed by atoms with van der Waals surface area (Å²) in [5, 5.41) is 0. The van der Waals surface area contributed by atoms with Gasteiger partial charge in [0.1, 0.15) is 11.9 Å². The summed E-state index contributed by atoms with van der Waals surface area (Å²) in [6.07, 6.45) is -0.179. The van der Waals surface area contributed by atoms with E-state index in [0.717, 1.165) is 5.69 Å². The van der Waals surface area contributed by atoms with Crippen molar-refractivity contribution in [3.05, 3.63) is 17.6 Å². The van der Waals surface area contributed by atoms with Gasteiger partial charge in [-0.25, -0.2) is 15.8 Å². The molecule has 0 amide bonds. The molecule has 0 aliphatic heterocycles. The molecule has 1 heterocycles. The van der Waals surface area contributed by atoms with Crippen molar-refractivity contribution in [2.45, 2.75) is 53.1 Å². The molecule has 1 rings (SSSR count). The number of nitrogens with zero attached hydrogens (tertiary/aromatic N) is 2. The van der Waals surface area contributed by atoms with Crippen LogP contribution in [0.25, 0.3) is 0 Å². The highest BCUT2D eigenvalue weighted by molar-refractivity contribution is 5.37. The molecule has 0 saturated heterocycles. The second kappa shape index (κ2) is 5.43. The fourth-order valence-electron chi connectivity index (χ4n) is 1.89. The number of nitrogens with two attached hydrogens (primary N) is 1. The van der Waals surface area contributed by atoms with Crippen molar-refractivity contribution < 1.29 is 4.74 Å². The van der Waals surface area contributed by atoms with Crippen molar-refractivity contribution in [3.8, 4) is 0 Å². The van der Waals surface area contributed by atoms with Crippen molar-refractivity contribution in [1.29, 1.82) is 0 Å². The van der Waals surface area contributed by atoms with E-state index >= 15 is 0 Å². The molecule has 0 aromatic carbocycles. The number of hydrogen-bond donors (Lipinski definition) is 2. The zero-order chi connectivity index (χ0) is 14.8. The summed E-state index contributed by atoms with van der Waals surface area (Å²) >= 11 is 0. The predicted octanol–water partition coefficient (Wildman–Crippen LogP) is 2.79. The molecule has 0 saturated carbocycles. The lowest BCUT2D eigenvalue weighted by molar-refractivity contribution is 0.00848. The van der Waals surface area contributed by atoms with E-state index in [-0.39, 0.29) is 16.9 Å². The smallest absolute Gasteiger partial charge is 0.160 e. The molecule has 5 heteroatoms. The Balaban J connectivity index is 3.35. The first-order valence-electron chi connectivity index (χ1n) is 6.48. The minimum Gasteiger partial charge on any atom is -0.373 e. The Morgan fingerprint density at radius 2 is 1.74 bits per heavy atom. The molecule has 0 radical (unpaired) electrons. The molecule has 0 aliphatic carbocycles. The Hall–Kier alpha value is -1.20. The Bertz CT molecular complexity index is 432. The molecule has 0 spiro atoms. The molecule has 1 unspecified atom stereocenters. The van der Waals surface area contributed by atoms with Crippen LogP contribution in [0, 0.1) is 5.41 Å². The molecule has 0 fully saturated rings. The summed E-state index contributed by atoms with van der Waals surface area (Å²) in [5.74, 6) is 6.78. The fourth-order valence-corrected chi connectivity index (χ4v) is 1.89. The maximum Gasteiger partial charge on any atom is 0.160 e. The zero-order valence-electron chi connectivity index (χ0n) is 13.0. The van der Waals surface area contributed by atoms with E-state index in [0.29, 0.717) is 11.6 Å². The molecular formula is C14H26N4O. The number of nitrogen functional groups attached to an aromatic ring is 1. The molecule has 3 N–H and O–H groups in total. The standard InChI is InChI=1S/C14H26N4O/c1-13(2,3)9-8-10(18-15)17-12(16-9)11(19-7)14(4,5)6/h8,11H,15H2,1-7H3,(H,16,17,18). The van der Waals surface area contributed by atoms with Crippen molar-refractivity contribution in [2.75, 3.05) is 12.5 Å². The van der Waals surface area contributed by atoms with E-state index in [9.17, 15) is 0 Å². The van der Waals surface area contributed by atoms with E-state index in [2.05, 4.69) is 56.9 Å². The van der Waals surface area contributed by atoms with E-state index in [1.54, 1.807) is 7.11 Å². The van der Waals surface area contributed by atoms with Crippen LogP contribution in [0.4, 0.5) is 5.82 Å². The maximum atomic E-state index is 5.57. The van der Waals surface area contributed by atoms with Gasteiger partial charge in [0, 0.05) is 18.6 Å². The number of aromatic nitrogens is 2. The quantitative estimate of drug-likeness (QED) is 0.650. The van der Waals surface area contributed by atoms with Crippen LogP contribution in [0.15, 0.2) is 6.07 Å². The number of rotatable bonds is 3. The first kappa shape index (κ1) is 15.9. The van der Waals surface area contributed by atoms with Gasteiger partial charge in [0.25, 0.3) is 0 Å². The molecule has 0 bridgehead atoms. The van der Waals surface area contributed by atoms with Gasteiger partial charge in [-0.3, -0.25) is 0 Å². The van der Waals surface area contributed by atoms with E-state index in [1.807, 2.05) is 6.07 Å². The van der Waals surface area contributed by atoms with Gasteiger partial charge in [0.2, 0.25) is 0 Å². The van der Waals surface area contributed by atoms with Crippen LogP contribution in [0.5, 0.6) is 0 Å². The summed E-state index contributed by atoms with van der Waals surface area (Å²) in [5.41, 5.74) is 3.39. The van der Waals surface area contributed by atoms with Gasteiger partial charge in [-0.2, -0.15) is 0 Å². The molecule has 5 nitrogen and oxygen atoms in total. The second-order valence-corrected chi connectivity index (χ2v) is 6.87. The number of methoxy groups -OCH3 is 1. The number of ether oxygens (including phenoxy) is 1. The summed E-state index contributed by atoms with van der Waals surface area (Å²) in [7, 11) is 1.68. The van der Waals surface area contributed by atoms with Crippen LogP contribution in [0.1, 0.15) is 59.2 Å². The van der Waals surface area contributed by atoms with Crippen molar-refractivity contribution >= 4 is 5.82 Å². The first-order valence-corrected chi connectivity index (χ1v) is 6.48. The highest BCUT2D eigenvalue weighted by Crippen LogP contribution is 2.35. The van der Waals surface area contributed by atoms with Crippen LogP contribution < -0.4 is 11.3 Å².